The fraction of sp³-hybridized carbons (Fsp3) is 0.778. The first-order valence-electron chi connectivity index (χ1n) is 4.75. The molecule has 0 aliphatic heterocycles. The summed E-state index contributed by atoms with van der Waals surface area (Å²) in [6.45, 7) is 0.428. The molecule has 88 valence electrons. The minimum atomic E-state index is -0.876. The molecule has 15 heavy (non-hydrogen) atoms. The molecule has 1 atom stereocenters. The second-order valence-electron chi connectivity index (χ2n) is 3.12. The van der Waals surface area contributed by atoms with Crippen LogP contribution in [0.15, 0.2) is 0 Å². The Bertz CT molecular complexity index is 210. The normalized spacial score (nSPS) is 12.3. The van der Waals surface area contributed by atoms with Crippen LogP contribution in [0.2, 0.25) is 0 Å². The highest BCUT2D eigenvalue weighted by molar-refractivity contribution is 7.98. The maximum absolute atomic E-state index is 10.7. The molecule has 0 aromatic rings. The van der Waals surface area contributed by atoms with Gasteiger partial charge in [-0.1, -0.05) is 0 Å². The van der Waals surface area contributed by atoms with Crippen LogP contribution in [0.3, 0.4) is 0 Å². The van der Waals surface area contributed by atoms with Gasteiger partial charge in [0.15, 0.2) is 0 Å². The first kappa shape index (κ1) is 14.2. The van der Waals surface area contributed by atoms with Gasteiger partial charge in [0.2, 0.25) is 0 Å². The molecular formula is C9H17NO4S. The molecule has 0 aromatic carbocycles. The first-order chi connectivity index (χ1) is 7.07. The van der Waals surface area contributed by atoms with Crippen molar-refractivity contribution in [3.8, 4) is 0 Å². The number of hydrogen-bond acceptors (Lipinski definition) is 4. The summed E-state index contributed by atoms with van der Waals surface area (Å²) in [7, 11) is 0. The van der Waals surface area contributed by atoms with Gasteiger partial charge in [0.25, 0.3) is 0 Å². The van der Waals surface area contributed by atoms with Crippen LogP contribution in [0.4, 0.5) is 0 Å². The number of carboxylic acid groups (broad SMARTS) is 2. The standard InChI is InChI=1S/C9H17NO4S/c1-15-6-4-7(9(13)14)10-5-2-3-8(11)12/h7,10H,2-6H2,1H3,(H,11,12)(H,13,14). The molecule has 0 saturated heterocycles. The predicted molar refractivity (Wildman–Crippen MR) is 59.3 cm³/mol. The molecule has 0 fully saturated rings. The lowest BCUT2D eigenvalue weighted by molar-refractivity contribution is -0.139. The molecule has 0 aliphatic carbocycles. The van der Waals surface area contributed by atoms with Crippen LogP contribution in [0.5, 0.6) is 0 Å². The highest BCUT2D eigenvalue weighted by atomic mass is 32.2. The fourth-order valence-electron chi connectivity index (χ4n) is 1.06. The Labute approximate surface area is 93.2 Å². The van der Waals surface area contributed by atoms with Crippen molar-refractivity contribution in [2.24, 2.45) is 0 Å². The van der Waals surface area contributed by atoms with Gasteiger partial charge >= 0.3 is 11.9 Å². The summed E-state index contributed by atoms with van der Waals surface area (Å²) in [6.07, 6.45) is 3.01. The quantitative estimate of drug-likeness (QED) is 0.509. The number of carboxylic acids is 2. The van der Waals surface area contributed by atoms with Gasteiger partial charge in [-0.2, -0.15) is 11.8 Å². The zero-order chi connectivity index (χ0) is 11.7. The minimum absolute atomic E-state index is 0.0713. The molecule has 0 radical (unpaired) electrons. The monoisotopic (exact) mass is 235 g/mol. The second-order valence-corrected chi connectivity index (χ2v) is 4.11. The fourth-order valence-corrected chi connectivity index (χ4v) is 1.54. The maximum Gasteiger partial charge on any atom is 0.320 e. The molecule has 0 saturated carbocycles. The first-order valence-corrected chi connectivity index (χ1v) is 6.14. The van der Waals surface area contributed by atoms with Crippen molar-refractivity contribution >= 4 is 23.7 Å². The van der Waals surface area contributed by atoms with Crippen LogP contribution in [-0.4, -0.2) is 46.7 Å². The predicted octanol–water partition coefficient (Wildman–Crippen LogP) is 0.647. The maximum atomic E-state index is 10.7. The number of rotatable bonds is 9. The third kappa shape index (κ3) is 8.26. The molecule has 0 amide bonds. The third-order valence-corrected chi connectivity index (χ3v) is 2.51. The number of hydrogen-bond donors (Lipinski definition) is 3. The van der Waals surface area contributed by atoms with E-state index in [1.807, 2.05) is 6.26 Å². The number of nitrogens with one attached hydrogen (secondary N) is 1. The lowest BCUT2D eigenvalue weighted by Gasteiger charge is -2.13. The van der Waals surface area contributed by atoms with Crippen molar-refractivity contribution in [3.63, 3.8) is 0 Å². The Balaban J connectivity index is 3.66. The Morgan fingerprint density at radius 1 is 1.40 bits per heavy atom. The van der Waals surface area contributed by atoms with Gasteiger partial charge < -0.3 is 15.5 Å². The van der Waals surface area contributed by atoms with Crippen molar-refractivity contribution in [2.75, 3.05) is 18.6 Å². The molecule has 5 nitrogen and oxygen atoms in total. The van der Waals surface area contributed by atoms with Gasteiger partial charge in [0.05, 0.1) is 0 Å². The summed E-state index contributed by atoms with van der Waals surface area (Å²) < 4.78 is 0. The van der Waals surface area contributed by atoms with E-state index in [2.05, 4.69) is 5.32 Å². The van der Waals surface area contributed by atoms with Crippen molar-refractivity contribution in [1.82, 2.24) is 5.32 Å². The third-order valence-electron chi connectivity index (χ3n) is 1.87. The van der Waals surface area contributed by atoms with Crippen LogP contribution in [-0.2, 0) is 9.59 Å². The second kappa shape index (κ2) is 8.55. The van der Waals surface area contributed by atoms with Crippen molar-refractivity contribution in [2.45, 2.75) is 25.3 Å². The van der Waals surface area contributed by atoms with E-state index >= 15 is 0 Å². The van der Waals surface area contributed by atoms with Crippen molar-refractivity contribution < 1.29 is 19.8 Å². The highest BCUT2D eigenvalue weighted by Crippen LogP contribution is 2.01. The van der Waals surface area contributed by atoms with E-state index in [0.717, 1.165) is 5.75 Å². The van der Waals surface area contributed by atoms with E-state index in [1.54, 1.807) is 11.8 Å². The minimum Gasteiger partial charge on any atom is -0.481 e. The summed E-state index contributed by atoms with van der Waals surface area (Å²) in [5.41, 5.74) is 0. The summed E-state index contributed by atoms with van der Waals surface area (Å²) in [5.74, 6) is -0.949. The van der Waals surface area contributed by atoms with Gasteiger partial charge in [-0.05, 0) is 31.4 Å². The molecule has 0 rings (SSSR count). The average molecular weight is 235 g/mol. The summed E-state index contributed by atoms with van der Waals surface area (Å²) in [5, 5.41) is 20.0. The van der Waals surface area contributed by atoms with Crippen LogP contribution in [0.1, 0.15) is 19.3 Å². The SMILES string of the molecule is CSCCC(NCCCC(=O)O)C(=O)O. The molecule has 0 bridgehead atoms. The Morgan fingerprint density at radius 2 is 2.07 bits per heavy atom. The molecule has 6 heteroatoms. The molecule has 0 aliphatic rings. The summed E-state index contributed by atoms with van der Waals surface area (Å²) >= 11 is 1.59. The molecule has 0 aromatic heterocycles. The molecule has 0 heterocycles. The summed E-state index contributed by atoms with van der Waals surface area (Å²) in [6, 6.07) is -0.564. The average Bonchev–Trinajstić information content (AvgIpc) is 2.15. The molecule has 0 spiro atoms. The zero-order valence-electron chi connectivity index (χ0n) is 8.73. The molecule has 1 unspecified atom stereocenters. The Hall–Kier alpha value is -0.750. The van der Waals surface area contributed by atoms with Gasteiger partial charge in [-0.3, -0.25) is 9.59 Å². The van der Waals surface area contributed by atoms with Crippen LogP contribution >= 0.6 is 11.8 Å². The molecular weight excluding hydrogens is 218 g/mol. The summed E-state index contributed by atoms with van der Waals surface area (Å²) in [4.78, 5) is 20.9. The lowest BCUT2D eigenvalue weighted by atomic mass is 10.2. The van der Waals surface area contributed by atoms with Crippen LogP contribution < -0.4 is 5.32 Å². The largest absolute Gasteiger partial charge is 0.481 e. The van der Waals surface area contributed by atoms with E-state index in [9.17, 15) is 9.59 Å². The van der Waals surface area contributed by atoms with Gasteiger partial charge in [0.1, 0.15) is 6.04 Å². The van der Waals surface area contributed by atoms with Crippen LogP contribution in [0, 0.1) is 0 Å². The van der Waals surface area contributed by atoms with Crippen molar-refractivity contribution in [1.29, 1.82) is 0 Å². The number of carbonyl (C=O) groups is 2. The van der Waals surface area contributed by atoms with Crippen LogP contribution in [0.25, 0.3) is 0 Å². The highest BCUT2D eigenvalue weighted by Gasteiger charge is 2.15. The lowest BCUT2D eigenvalue weighted by Crippen LogP contribution is -2.37. The number of aliphatic carboxylic acids is 2. The van der Waals surface area contributed by atoms with Crippen molar-refractivity contribution in [3.05, 3.63) is 0 Å². The van der Waals surface area contributed by atoms with Gasteiger partial charge in [-0.15, -0.1) is 0 Å². The Morgan fingerprint density at radius 3 is 2.53 bits per heavy atom. The van der Waals surface area contributed by atoms with E-state index in [0.29, 0.717) is 19.4 Å². The van der Waals surface area contributed by atoms with E-state index in [4.69, 9.17) is 10.2 Å². The zero-order valence-corrected chi connectivity index (χ0v) is 9.55. The van der Waals surface area contributed by atoms with E-state index in [-0.39, 0.29) is 6.42 Å². The van der Waals surface area contributed by atoms with E-state index < -0.39 is 18.0 Å². The molecule has 3 N–H and O–H groups in total. The van der Waals surface area contributed by atoms with E-state index in [1.165, 1.54) is 0 Å². The Kier molecular flexibility index (Phi) is 8.12. The van der Waals surface area contributed by atoms with Gasteiger partial charge in [0, 0.05) is 6.42 Å². The topological polar surface area (TPSA) is 86.6 Å². The smallest absolute Gasteiger partial charge is 0.320 e. The number of thioether (sulfide) groups is 1. The van der Waals surface area contributed by atoms with Gasteiger partial charge in [-0.25, -0.2) is 0 Å².